The minimum Gasteiger partial charge on any atom is -0.481 e. The van der Waals surface area contributed by atoms with Crippen molar-refractivity contribution in [2.24, 2.45) is 10.4 Å². The van der Waals surface area contributed by atoms with Crippen molar-refractivity contribution >= 4 is 46.6 Å². The molecular weight excluding hydrogens is 596 g/mol. The molecular formula is C27H28ClF2N5O6S. The van der Waals surface area contributed by atoms with Crippen LogP contribution in [0.4, 0.5) is 8.78 Å². The summed E-state index contributed by atoms with van der Waals surface area (Å²) in [5.41, 5.74) is -0.813. The normalized spacial score (nSPS) is 23.0. The van der Waals surface area contributed by atoms with Crippen LogP contribution in [0.25, 0.3) is 0 Å². The second-order valence-electron chi connectivity index (χ2n) is 10.7. The Morgan fingerprint density at radius 2 is 2.10 bits per heavy atom. The van der Waals surface area contributed by atoms with E-state index in [1.54, 1.807) is 25.4 Å². The number of aliphatic carboxylic acids is 1. The molecule has 3 aliphatic heterocycles. The van der Waals surface area contributed by atoms with E-state index in [4.69, 9.17) is 21.1 Å². The van der Waals surface area contributed by atoms with E-state index in [1.807, 2.05) is 4.90 Å². The number of ether oxygens (including phenoxy) is 2. The fourth-order valence-corrected chi connectivity index (χ4v) is 6.16. The molecule has 11 nitrogen and oxygen atoms in total. The van der Waals surface area contributed by atoms with Crippen molar-refractivity contribution in [3.05, 3.63) is 62.2 Å². The van der Waals surface area contributed by atoms with E-state index in [1.165, 1.54) is 29.4 Å². The predicted octanol–water partition coefficient (Wildman–Crippen LogP) is 2.62. The van der Waals surface area contributed by atoms with Crippen LogP contribution in [-0.2, 0) is 23.9 Å². The SMILES string of the molecule is COC(=O)C1=C(CN2CCO[C@H]3CN(CC(C)(C)C(=O)O)C(=O)[C@H]32)NC(c2nccs2)=NC1c1ccc(F)c(F)c1Cl. The average Bonchev–Trinajstić information content (AvgIpc) is 3.60. The third-order valence-electron chi connectivity index (χ3n) is 7.47. The molecule has 1 unspecified atom stereocenters. The van der Waals surface area contributed by atoms with Crippen LogP contribution >= 0.6 is 22.9 Å². The number of morpholine rings is 1. The summed E-state index contributed by atoms with van der Waals surface area (Å²) in [6.07, 6.45) is 1.05. The van der Waals surface area contributed by atoms with E-state index in [0.717, 1.165) is 6.07 Å². The third-order valence-corrected chi connectivity index (χ3v) is 8.64. The number of carboxylic acids is 1. The van der Waals surface area contributed by atoms with Gasteiger partial charge in [0, 0.05) is 49.0 Å². The molecule has 1 amide bonds. The molecule has 1 aromatic heterocycles. The number of rotatable bonds is 8. The molecule has 2 aromatic rings. The highest BCUT2D eigenvalue weighted by Gasteiger charge is 2.49. The molecule has 2 saturated heterocycles. The third kappa shape index (κ3) is 5.51. The summed E-state index contributed by atoms with van der Waals surface area (Å²) in [5.74, 6) is -4.26. The van der Waals surface area contributed by atoms with Gasteiger partial charge in [-0.25, -0.2) is 18.6 Å². The van der Waals surface area contributed by atoms with Gasteiger partial charge in [-0.1, -0.05) is 17.7 Å². The Balaban J connectivity index is 1.54. The van der Waals surface area contributed by atoms with E-state index < -0.39 is 52.2 Å². The number of carbonyl (C=O) groups is 3. The molecule has 0 spiro atoms. The van der Waals surface area contributed by atoms with Crippen LogP contribution in [0, 0.1) is 17.0 Å². The molecule has 5 rings (SSSR count). The summed E-state index contributed by atoms with van der Waals surface area (Å²) in [7, 11) is 1.18. The van der Waals surface area contributed by atoms with Gasteiger partial charge in [0.1, 0.15) is 12.1 Å². The van der Waals surface area contributed by atoms with Gasteiger partial charge in [-0.15, -0.1) is 11.3 Å². The first-order valence-electron chi connectivity index (χ1n) is 13.0. The number of carbonyl (C=O) groups excluding carboxylic acids is 2. The number of carboxylic acid groups (broad SMARTS) is 1. The lowest BCUT2D eigenvalue weighted by molar-refractivity contribution is -0.149. The molecule has 2 N–H and O–H groups in total. The predicted molar refractivity (Wildman–Crippen MR) is 148 cm³/mol. The molecule has 3 atom stereocenters. The number of nitrogens with one attached hydrogen (secondary N) is 1. The Hall–Kier alpha value is -3.46. The molecule has 224 valence electrons. The molecule has 0 bridgehead atoms. The summed E-state index contributed by atoms with van der Waals surface area (Å²) < 4.78 is 39.5. The number of nitrogens with zero attached hydrogens (tertiary/aromatic N) is 4. The Morgan fingerprint density at radius 3 is 2.76 bits per heavy atom. The van der Waals surface area contributed by atoms with E-state index >= 15 is 0 Å². The zero-order chi connectivity index (χ0) is 30.3. The standard InChI is InChI=1S/C27H28ClF2N5O6S/c1-27(2,26(38)39)12-35-11-16-21(24(35)36)34(7-8-41-16)10-15-17(25(37)40-3)20(13-4-5-14(29)19(30)18(13)28)33-22(32-15)23-31-6-9-42-23/h4-6,9,16,20-21H,7-8,10-12H2,1-3H3,(H,32,33)(H,38,39)/t16-,20?,21-/m0/s1. The van der Waals surface area contributed by atoms with Crippen molar-refractivity contribution in [1.82, 2.24) is 20.1 Å². The number of hydrogen-bond acceptors (Lipinski definition) is 10. The van der Waals surface area contributed by atoms with E-state index in [0.29, 0.717) is 17.2 Å². The number of halogens is 3. The lowest BCUT2D eigenvalue weighted by Crippen LogP contribution is -2.54. The number of likely N-dealkylation sites (tertiary alicyclic amines) is 1. The fourth-order valence-electron chi connectivity index (χ4n) is 5.31. The molecule has 0 aliphatic carbocycles. The molecule has 2 fully saturated rings. The van der Waals surface area contributed by atoms with Crippen molar-refractivity contribution < 1.29 is 37.7 Å². The van der Waals surface area contributed by atoms with E-state index in [2.05, 4.69) is 15.3 Å². The number of amides is 1. The highest BCUT2D eigenvalue weighted by Crippen LogP contribution is 2.38. The number of amidine groups is 1. The number of methoxy groups -OCH3 is 1. The van der Waals surface area contributed by atoms with E-state index in [9.17, 15) is 28.3 Å². The van der Waals surface area contributed by atoms with E-state index in [-0.39, 0.29) is 49.1 Å². The molecule has 0 saturated carbocycles. The summed E-state index contributed by atoms with van der Waals surface area (Å²) in [6, 6.07) is 0.235. The first-order valence-corrected chi connectivity index (χ1v) is 14.3. The number of aliphatic imine (C=N–C) groups is 1. The van der Waals surface area contributed by atoms with Gasteiger partial charge >= 0.3 is 11.9 Å². The Kier molecular flexibility index (Phi) is 8.34. The molecule has 1 aromatic carbocycles. The zero-order valence-corrected chi connectivity index (χ0v) is 24.5. The maximum Gasteiger partial charge on any atom is 0.338 e. The molecule has 0 radical (unpaired) electrons. The van der Waals surface area contributed by atoms with Crippen LogP contribution in [0.2, 0.25) is 5.02 Å². The summed E-state index contributed by atoms with van der Waals surface area (Å²) in [4.78, 5) is 50.8. The van der Waals surface area contributed by atoms with Gasteiger partial charge in [-0.2, -0.15) is 0 Å². The lowest BCUT2D eigenvalue weighted by Gasteiger charge is -2.37. The minimum atomic E-state index is -1.28. The van der Waals surface area contributed by atoms with Crippen molar-refractivity contribution in [2.75, 3.05) is 39.9 Å². The summed E-state index contributed by atoms with van der Waals surface area (Å²) >= 11 is 7.50. The largest absolute Gasteiger partial charge is 0.481 e. The van der Waals surface area contributed by atoms with Crippen LogP contribution in [-0.4, -0.2) is 95.6 Å². The highest BCUT2D eigenvalue weighted by molar-refractivity contribution is 7.11. The first-order chi connectivity index (χ1) is 19.9. The monoisotopic (exact) mass is 623 g/mol. The molecule has 3 aliphatic rings. The van der Waals surface area contributed by atoms with Gasteiger partial charge in [-0.05, 0) is 19.9 Å². The molecule has 15 heteroatoms. The van der Waals surface area contributed by atoms with Crippen molar-refractivity contribution in [2.45, 2.75) is 32.0 Å². The van der Waals surface area contributed by atoms with Crippen LogP contribution in [0.15, 0.2) is 40.0 Å². The second kappa shape index (κ2) is 11.7. The van der Waals surface area contributed by atoms with Crippen LogP contribution in [0.3, 0.4) is 0 Å². The number of aromatic nitrogens is 1. The maximum absolute atomic E-state index is 14.6. The molecule has 42 heavy (non-hydrogen) atoms. The van der Waals surface area contributed by atoms with Gasteiger partial charge in [0.25, 0.3) is 0 Å². The van der Waals surface area contributed by atoms with Crippen LogP contribution in [0.5, 0.6) is 0 Å². The van der Waals surface area contributed by atoms with Gasteiger partial charge in [0.15, 0.2) is 22.5 Å². The number of thiazole rings is 1. The van der Waals surface area contributed by atoms with Crippen LogP contribution in [0.1, 0.15) is 30.5 Å². The Morgan fingerprint density at radius 1 is 1.33 bits per heavy atom. The van der Waals surface area contributed by atoms with Crippen molar-refractivity contribution in [3.63, 3.8) is 0 Å². The molecule has 4 heterocycles. The quantitative estimate of drug-likeness (QED) is 0.336. The van der Waals surface area contributed by atoms with Gasteiger partial charge in [-0.3, -0.25) is 19.5 Å². The smallest absolute Gasteiger partial charge is 0.338 e. The van der Waals surface area contributed by atoms with Crippen LogP contribution < -0.4 is 5.32 Å². The fraction of sp³-hybridized carbons (Fsp3) is 0.444. The Labute approximate surface area is 248 Å². The second-order valence-corrected chi connectivity index (χ2v) is 12.0. The van der Waals surface area contributed by atoms with Crippen molar-refractivity contribution in [1.29, 1.82) is 0 Å². The number of esters is 1. The highest BCUT2D eigenvalue weighted by atomic mass is 35.5. The Bertz CT molecular complexity index is 1480. The lowest BCUT2D eigenvalue weighted by atomic mass is 9.93. The maximum atomic E-state index is 14.6. The topological polar surface area (TPSA) is 134 Å². The summed E-state index contributed by atoms with van der Waals surface area (Å²) in [6.45, 7) is 3.94. The number of hydrogen-bond donors (Lipinski definition) is 2. The average molecular weight is 624 g/mol. The number of benzene rings is 1. The van der Waals surface area contributed by atoms with Gasteiger partial charge in [0.2, 0.25) is 5.91 Å². The number of fused-ring (bicyclic) bond motifs is 1. The van der Waals surface area contributed by atoms with Gasteiger partial charge < -0.3 is 24.8 Å². The van der Waals surface area contributed by atoms with Crippen molar-refractivity contribution in [3.8, 4) is 0 Å². The first kappa shape index (κ1) is 30.0. The summed E-state index contributed by atoms with van der Waals surface area (Å²) in [5, 5.41) is 14.4. The minimum absolute atomic E-state index is 0.00270. The zero-order valence-electron chi connectivity index (χ0n) is 22.9. The van der Waals surface area contributed by atoms with Gasteiger partial charge in [0.05, 0.1) is 35.8 Å².